The van der Waals surface area contributed by atoms with Crippen LogP contribution in [0.3, 0.4) is 0 Å². The molecule has 6 nitrogen and oxygen atoms in total. The van der Waals surface area contributed by atoms with Crippen LogP contribution in [0.15, 0.2) is 34.6 Å². The molecule has 1 aromatic heterocycles. The van der Waals surface area contributed by atoms with E-state index in [0.717, 1.165) is 5.56 Å². The molecule has 0 unspecified atom stereocenters. The van der Waals surface area contributed by atoms with Crippen LogP contribution in [-0.4, -0.2) is 35.5 Å². The number of rotatable bonds is 3. The fourth-order valence-corrected chi connectivity index (χ4v) is 1.92. The standard InChI is InChI=1S/C15H20N2O4/c1-5-7-20-16-12-9-17(14(18)21-15(2,3)4)10-13-11(12)6-8-19-13/h5-6,8H,1,7,9-10H2,2-4H3/b16-12+. The van der Waals surface area contributed by atoms with Crippen molar-refractivity contribution in [1.29, 1.82) is 0 Å². The van der Waals surface area contributed by atoms with E-state index in [-0.39, 0.29) is 0 Å². The molecule has 0 aliphatic carbocycles. The average molecular weight is 292 g/mol. The number of oxime groups is 1. The number of fused-ring (bicyclic) bond motifs is 1. The summed E-state index contributed by atoms with van der Waals surface area (Å²) in [6.07, 6.45) is 2.78. The minimum atomic E-state index is -0.544. The Balaban J connectivity index is 2.16. The molecule has 0 spiro atoms. The summed E-state index contributed by atoms with van der Waals surface area (Å²) in [6.45, 7) is 10.0. The van der Waals surface area contributed by atoms with Crippen molar-refractivity contribution < 1.29 is 18.8 Å². The van der Waals surface area contributed by atoms with E-state index in [1.54, 1.807) is 12.3 Å². The largest absolute Gasteiger partial charge is 0.467 e. The van der Waals surface area contributed by atoms with Crippen LogP contribution in [0, 0.1) is 0 Å². The van der Waals surface area contributed by atoms with Crippen LogP contribution in [0.5, 0.6) is 0 Å². The molecule has 0 bridgehead atoms. The topological polar surface area (TPSA) is 64.3 Å². The summed E-state index contributed by atoms with van der Waals surface area (Å²) in [4.78, 5) is 18.8. The predicted octanol–water partition coefficient (Wildman–Crippen LogP) is 2.94. The van der Waals surface area contributed by atoms with Crippen molar-refractivity contribution in [2.75, 3.05) is 13.2 Å². The first-order valence-corrected chi connectivity index (χ1v) is 6.75. The normalized spacial score (nSPS) is 16.5. The highest BCUT2D eigenvalue weighted by atomic mass is 16.6. The van der Waals surface area contributed by atoms with Crippen LogP contribution in [0.25, 0.3) is 0 Å². The molecule has 0 N–H and O–H groups in total. The van der Waals surface area contributed by atoms with Crippen molar-refractivity contribution in [3.05, 3.63) is 36.3 Å². The lowest BCUT2D eigenvalue weighted by molar-refractivity contribution is 0.0245. The zero-order chi connectivity index (χ0) is 15.5. The summed E-state index contributed by atoms with van der Waals surface area (Å²) in [5.41, 5.74) is 0.952. The molecule has 2 rings (SSSR count). The van der Waals surface area contributed by atoms with E-state index in [1.165, 1.54) is 4.90 Å². The maximum Gasteiger partial charge on any atom is 0.411 e. The molecule has 1 aliphatic heterocycles. The van der Waals surface area contributed by atoms with Crippen molar-refractivity contribution in [2.45, 2.75) is 32.9 Å². The number of ether oxygens (including phenoxy) is 1. The van der Waals surface area contributed by atoms with Gasteiger partial charge in [-0.25, -0.2) is 4.79 Å². The number of furan rings is 1. The molecule has 0 fully saturated rings. The van der Waals surface area contributed by atoms with Gasteiger partial charge in [0.05, 0.1) is 19.4 Å². The lowest BCUT2D eigenvalue weighted by Crippen LogP contribution is -2.42. The summed E-state index contributed by atoms with van der Waals surface area (Å²) in [5, 5.41) is 4.05. The Kier molecular flexibility index (Phi) is 4.35. The molecule has 0 saturated heterocycles. The van der Waals surface area contributed by atoms with Crippen molar-refractivity contribution in [2.24, 2.45) is 5.16 Å². The van der Waals surface area contributed by atoms with Crippen molar-refractivity contribution in [1.82, 2.24) is 4.90 Å². The van der Waals surface area contributed by atoms with E-state index in [9.17, 15) is 4.79 Å². The molecular formula is C15H20N2O4. The third kappa shape index (κ3) is 3.87. The fourth-order valence-electron chi connectivity index (χ4n) is 1.92. The summed E-state index contributed by atoms with van der Waals surface area (Å²) in [6, 6.07) is 1.82. The molecule has 6 heteroatoms. The molecule has 0 atom stereocenters. The number of carbonyl (C=O) groups is 1. The Morgan fingerprint density at radius 2 is 2.29 bits per heavy atom. The highest BCUT2D eigenvalue weighted by molar-refractivity contribution is 6.04. The van der Waals surface area contributed by atoms with E-state index >= 15 is 0 Å². The minimum absolute atomic E-state index is 0.309. The molecule has 0 radical (unpaired) electrons. The molecule has 1 amide bonds. The first-order chi connectivity index (χ1) is 9.90. The van der Waals surface area contributed by atoms with Gasteiger partial charge in [-0.3, -0.25) is 4.90 Å². The smallest absolute Gasteiger partial charge is 0.411 e. The highest BCUT2D eigenvalue weighted by Crippen LogP contribution is 2.22. The number of hydrogen-bond donors (Lipinski definition) is 0. The van der Waals surface area contributed by atoms with Crippen LogP contribution < -0.4 is 0 Å². The van der Waals surface area contributed by atoms with Crippen molar-refractivity contribution >= 4 is 11.8 Å². The second kappa shape index (κ2) is 6.03. The van der Waals surface area contributed by atoms with Gasteiger partial charge in [-0.1, -0.05) is 17.8 Å². The van der Waals surface area contributed by atoms with Gasteiger partial charge in [0.1, 0.15) is 23.7 Å². The highest BCUT2D eigenvalue weighted by Gasteiger charge is 2.30. The van der Waals surface area contributed by atoms with Crippen LogP contribution in [0.1, 0.15) is 32.1 Å². The molecular weight excluding hydrogens is 272 g/mol. The first-order valence-electron chi connectivity index (χ1n) is 6.75. The molecule has 1 aliphatic rings. The fraction of sp³-hybridized carbons (Fsp3) is 0.467. The summed E-state index contributed by atoms with van der Waals surface area (Å²) in [7, 11) is 0. The number of hydrogen-bond acceptors (Lipinski definition) is 5. The third-order valence-corrected chi connectivity index (χ3v) is 2.75. The number of amides is 1. The Labute approximate surface area is 124 Å². The second-order valence-electron chi connectivity index (χ2n) is 5.72. The van der Waals surface area contributed by atoms with Gasteiger partial charge in [-0.15, -0.1) is 0 Å². The van der Waals surface area contributed by atoms with Crippen LogP contribution in [-0.2, 0) is 16.1 Å². The molecule has 2 heterocycles. The molecule has 114 valence electrons. The quantitative estimate of drug-likeness (QED) is 0.488. The molecule has 21 heavy (non-hydrogen) atoms. The monoisotopic (exact) mass is 292 g/mol. The molecule has 1 aromatic rings. The SMILES string of the molecule is C=CCO/N=C1\CN(C(=O)OC(C)(C)C)Cc2occc21. The third-order valence-electron chi connectivity index (χ3n) is 2.75. The van der Waals surface area contributed by atoms with Crippen LogP contribution in [0.4, 0.5) is 4.79 Å². The Morgan fingerprint density at radius 3 is 2.95 bits per heavy atom. The van der Waals surface area contributed by atoms with Gasteiger partial charge in [0.25, 0.3) is 0 Å². The van der Waals surface area contributed by atoms with E-state index in [1.807, 2.05) is 26.8 Å². The van der Waals surface area contributed by atoms with E-state index < -0.39 is 11.7 Å². The van der Waals surface area contributed by atoms with Gasteiger partial charge in [0.2, 0.25) is 0 Å². The number of nitrogens with zero attached hydrogens (tertiary/aromatic N) is 2. The Hall–Kier alpha value is -2.24. The van der Waals surface area contributed by atoms with Crippen molar-refractivity contribution in [3.8, 4) is 0 Å². The molecule has 0 aromatic carbocycles. The first kappa shape index (κ1) is 15.2. The van der Waals surface area contributed by atoms with Crippen LogP contribution in [0.2, 0.25) is 0 Å². The Bertz CT molecular complexity index is 554. The van der Waals surface area contributed by atoms with Gasteiger partial charge in [-0.05, 0) is 26.8 Å². The maximum absolute atomic E-state index is 12.2. The van der Waals surface area contributed by atoms with Gasteiger partial charge >= 0.3 is 6.09 Å². The lowest BCUT2D eigenvalue weighted by atomic mass is 10.1. The number of carbonyl (C=O) groups excluding carboxylic acids is 1. The zero-order valence-corrected chi connectivity index (χ0v) is 12.6. The van der Waals surface area contributed by atoms with Gasteiger partial charge < -0.3 is 14.0 Å². The summed E-state index contributed by atoms with van der Waals surface area (Å²) >= 11 is 0. The van der Waals surface area contributed by atoms with Gasteiger partial charge in [0, 0.05) is 5.56 Å². The molecule has 0 saturated carbocycles. The Morgan fingerprint density at radius 1 is 1.52 bits per heavy atom. The lowest BCUT2D eigenvalue weighted by Gasteiger charge is -2.29. The van der Waals surface area contributed by atoms with E-state index in [2.05, 4.69) is 11.7 Å². The van der Waals surface area contributed by atoms with Crippen LogP contribution >= 0.6 is 0 Å². The van der Waals surface area contributed by atoms with Gasteiger partial charge in [-0.2, -0.15) is 0 Å². The second-order valence-corrected chi connectivity index (χ2v) is 5.72. The average Bonchev–Trinajstić information content (AvgIpc) is 2.85. The van der Waals surface area contributed by atoms with Gasteiger partial charge in [0.15, 0.2) is 0 Å². The summed E-state index contributed by atoms with van der Waals surface area (Å²) < 4.78 is 10.8. The maximum atomic E-state index is 12.2. The van der Waals surface area contributed by atoms with E-state index in [0.29, 0.717) is 31.2 Å². The van der Waals surface area contributed by atoms with E-state index in [4.69, 9.17) is 14.0 Å². The van der Waals surface area contributed by atoms with Crippen molar-refractivity contribution in [3.63, 3.8) is 0 Å². The minimum Gasteiger partial charge on any atom is -0.467 e. The zero-order valence-electron chi connectivity index (χ0n) is 12.6. The summed E-state index contributed by atoms with van der Waals surface area (Å²) in [5.74, 6) is 0.674. The predicted molar refractivity (Wildman–Crippen MR) is 78.0 cm³/mol.